The molecule has 0 aliphatic heterocycles. The SMILES string of the molecule is CCC(CO)NCC(O)c1c(C)cc(C)cc1C. The smallest absolute Gasteiger partial charge is 0.0919 e. The number of rotatable bonds is 6. The summed E-state index contributed by atoms with van der Waals surface area (Å²) in [7, 11) is 0. The van der Waals surface area contributed by atoms with E-state index < -0.39 is 6.10 Å². The third-order valence-corrected chi connectivity index (χ3v) is 3.38. The van der Waals surface area contributed by atoms with Gasteiger partial charge in [0.25, 0.3) is 0 Å². The Morgan fingerprint density at radius 2 is 1.72 bits per heavy atom. The second-order valence-corrected chi connectivity index (χ2v) is 5.02. The van der Waals surface area contributed by atoms with Gasteiger partial charge in [0.1, 0.15) is 0 Å². The average molecular weight is 251 g/mol. The molecule has 18 heavy (non-hydrogen) atoms. The topological polar surface area (TPSA) is 52.5 Å². The molecular weight excluding hydrogens is 226 g/mol. The summed E-state index contributed by atoms with van der Waals surface area (Å²) in [5.41, 5.74) is 4.47. The van der Waals surface area contributed by atoms with Gasteiger partial charge in [-0.2, -0.15) is 0 Å². The average Bonchev–Trinajstić information content (AvgIpc) is 2.28. The van der Waals surface area contributed by atoms with E-state index in [1.165, 1.54) is 5.56 Å². The summed E-state index contributed by atoms with van der Waals surface area (Å²) in [4.78, 5) is 0. The van der Waals surface area contributed by atoms with Crippen molar-refractivity contribution in [3.8, 4) is 0 Å². The Hall–Kier alpha value is -0.900. The molecule has 3 N–H and O–H groups in total. The minimum absolute atomic E-state index is 0.0608. The summed E-state index contributed by atoms with van der Waals surface area (Å²) in [6, 6.07) is 4.25. The third kappa shape index (κ3) is 3.80. The lowest BCUT2D eigenvalue weighted by atomic mass is 9.95. The molecule has 2 unspecified atom stereocenters. The molecule has 3 heteroatoms. The van der Waals surface area contributed by atoms with Crippen LogP contribution in [0.2, 0.25) is 0 Å². The maximum atomic E-state index is 10.3. The number of aryl methyl sites for hydroxylation is 3. The molecule has 0 bridgehead atoms. The van der Waals surface area contributed by atoms with Crippen LogP contribution in [0.1, 0.15) is 41.7 Å². The van der Waals surface area contributed by atoms with Crippen LogP contribution in [-0.4, -0.2) is 29.4 Å². The molecule has 0 saturated carbocycles. The van der Waals surface area contributed by atoms with Crippen LogP contribution in [-0.2, 0) is 0 Å². The van der Waals surface area contributed by atoms with E-state index in [1.807, 2.05) is 20.8 Å². The molecule has 0 aliphatic carbocycles. The highest BCUT2D eigenvalue weighted by Gasteiger charge is 2.15. The summed E-state index contributed by atoms with van der Waals surface area (Å²) in [6.07, 6.45) is 0.334. The number of aliphatic hydroxyl groups is 2. The molecule has 1 rings (SSSR count). The summed E-state index contributed by atoms with van der Waals surface area (Å²) in [5.74, 6) is 0. The van der Waals surface area contributed by atoms with Crippen molar-refractivity contribution in [2.75, 3.05) is 13.2 Å². The largest absolute Gasteiger partial charge is 0.395 e. The van der Waals surface area contributed by atoms with Gasteiger partial charge in [-0.3, -0.25) is 0 Å². The molecule has 0 spiro atoms. The van der Waals surface area contributed by atoms with E-state index >= 15 is 0 Å². The lowest BCUT2D eigenvalue weighted by molar-refractivity contribution is 0.156. The lowest BCUT2D eigenvalue weighted by Gasteiger charge is -2.21. The minimum Gasteiger partial charge on any atom is -0.395 e. The highest BCUT2D eigenvalue weighted by atomic mass is 16.3. The van der Waals surface area contributed by atoms with Gasteiger partial charge in [0.15, 0.2) is 0 Å². The van der Waals surface area contributed by atoms with Gasteiger partial charge in [0.05, 0.1) is 12.7 Å². The van der Waals surface area contributed by atoms with Crippen LogP contribution in [0.3, 0.4) is 0 Å². The number of nitrogens with one attached hydrogen (secondary N) is 1. The highest BCUT2D eigenvalue weighted by molar-refractivity contribution is 5.39. The summed E-state index contributed by atoms with van der Waals surface area (Å²) >= 11 is 0. The van der Waals surface area contributed by atoms with Gasteiger partial charge in [0.2, 0.25) is 0 Å². The molecule has 2 atom stereocenters. The third-order valence-electron chi connectivity index (χ3n) is 3.38. The number of hydrogen-bond donors (Lipinski definition) is 3. The van der Waals surface area contributed by atoms with Gasteiger partial charge in [-0.15, -0.1) is 0 Å². The number of benzene rings is 1. The number of hydrogen-bond acceptors (Lipinski definition) is 3. The number of aliphatic hydroxyl groups excluding tert-OH is 2. The molecule has 0 aliphatic rings. The van der Waals surface area contributed by atoms with Crippen LogP contribution in [0.5, 0.6) is 0 Å². The Kier molecular flexibility index (Phi) is 5.79. The van der Waals surface area contributed by atoms with Crippen molar-refractivity contribution in [3.05, 3.63) is 34.4 Å². The van der Waals surface area contributed by atoms with Crippen molar-refractivity contribution in [2.45, 2.75) is 46.3 Å². The van der Waals surface area contributed by atoms with Crippen molar-refractivity contribution < 1.29 is 10.2 Å². The van der Waals surface area contributed by atoms with E-state index in [0.29, 0.717) is 6.54 Å². The standard InChI is InChI=1S/C15H25NO2/c1-5-13(9-17)16-8-14(18)15-11(3)6-10(2)7-12(15)4/h6-7,13-14,16-18H,5,8-9H2,1-4H3. The van der Waals surface area contributed by atoms with Gasteiger partial charge >= 0.3 is 0 Å². The van der Waals surface area contributed by atoms with Crippen molar-refractivity contribution in [3.63, 3.8) is 0 Å². The Morgan fingerprint density at radius 1 is 1.17 bits per heavy atom. The van der Waals surface area contributed by atoms with E-state index in [4.69, 9.17) is 5.11 Å². The Morgan fingerprint density at radius 3 is 2.17 bits per heavy atom. The van der Waals surface area contributed by atoms with Crippen LogP contribution < -0.4 is 5.32 Å². The predicted molar refractivity (Wildman–Crippen MR) is 74.8 cm³/mol. The van der Waals surface area contributed by atoms with E-state index in [1.54, 1.807) is 0 Å². The van der Waals surface area contributed by atoms with Crippen molar-refractivity contribution in [2.24, 2.45) is 0 Å². The Balaban J connectivity index is 2.75. The zero-order valence-corrected chi connectivity index (χ0v) is 11.8. The Labute approximate surface area is 110 Å². The van der Waals surface area contributed by atoms with Gasteiger partial charge in [-0.25, -0.2) is 0 Å². The maximum absolute atomic E-state index is 10.3. The molecule has 0 amide bonds. The molecule has 0 heterocycles. The molecule has 1 aromatic carbocycles. The quantitative estimate of drug-likeness (QED) is 0.725. The van der Waals surface area contributed by atoms with Crippen LogP contribution in [0.25, 0.3) is 0 Å². The summed E-state index contributed by atoms with van der Waals surface area (Å²) < 4.78 is 0. The molecule has 0 aromatic heterocycles. The van der Waals surface area contributed by atoms with E-state index in [9.17, 15) is 5.11 Å². The molecule has 0 fully saturated rings. The second kappa shape index (κ2) is 6.88. The normalized spacial score (nSPS) is 14.6. The van der Waals surface area contributed by atoms with Crippen molar-refractivity contribution in [1.82, 2.24) is 5.32 Å². The first-order valence-corrected chi connectivity index (χ1v) is 6.59. The minimum atomic E-state index is -0.522. The lowest BCUT2D eigenvalue weighted by Crippen LogP contribution is -2.35. The first-order valence-electron chi connectivity index (χ1n) is 6.59. The van der Waals surface area contributed by atoms with Gasteiger partial charge < -0.3 is 15.5 Å². The fourth-order valence-corrected chi connectivity index (χ4v) is 2.44. The predicted octanol–water partition coefficient (Wildman–Crippen LogP) is 2.01. The molecular formula is C15H25NO2. The fourth-order valence-electron chi connectivity index (χ4n) is 2.44. The van der Waals surface area contributed by atoms with Gasteiger partial charge in [0, 0.05) is 12.6 Å². The van der Waals surface area contributed by atoms with Crippen LogP contribution in [0.15, 0.2) is 12.1 Å². The summed E-state index contributed by atoms with van der Waals surface area (Å²) in [5, 5.41) is 22.6. The van der Waals surface area contributed by atoms with Crippen molar-refractivity contribution in [1.29, 1.82) is 0 Å². The van der Waals surface area contributed by atoms with E-state index in [-0.39, 0.29) is 12.6 Å². The molecule has 0 radical (unpaired) electrons. The highest BCUT2D eigenvalue weighted by Crippen LogP contribution is 2.23. The van der Waals surface area contributed by atoms with E-state index in [2.05, 4.69) is 24.4 Å². The Bertz CT molecular complexity index is 363. The maximum Gasteiger partial charge on any atom is 0.0919 e. The summed E-state index contributed by atoms with van der Waals surface area (Å²) in [6.45, 7) is 8.72. The first-order chi connectivity index (χ1) is 8.49. The van der Waals surface area contributed by atoms with Crippen LogP contribution >= 0.6 is 0 Å². The van der Waals surface area contributed by atoms with Gasteiger partial charge in [-0.1, -0.05) is 24.6 Å². The van der Waals surface area contributed by atoms with E-state index in [0.717, 1.165) is 23.1 Å². The van der Waals surface area contributed by atoms with Crippen LogP contribution in [0, 0.1) is 20.8 Å². The monoisotopic (exact) mass is 251 g/mol. The van der Waals surface area contributed by atoms with Crippen molar-refractivity contribution >= 4 is 0 Å². The second-order valence-electron chi connectivity index (χ2n) is 5.02. The zero-order chi connectivity index (χ0) is 13.7. The van der Waals surface area contributed by atoms with Gasteiger partial charge in [-0.05, 0) is 43.9 Å². The zero-order valence-electron chi connectivity index (χ0n) is 11.8. The fraction of sp³-hybridized carbons (Fsp3) is 0.600. The molecule has 3 nitrogen and oxygen atoms in total. The molecule has 1 aromatic rings. The molecule has 0 saturated heterocycles. The molecule has 102 valence electrons. The van der Waals surface area contributed by atoms with Crippen LogP contribution in [0.4, 0.5) is 0 Å². The first kappa shape index (κ1) is 15.2.